The van der Waals surface area contributed by atoms with Crippen LogP contribution in [0.1, 0.15) is 0 Å². The van der Waals surface area contributed by atoms with Gasteiger partial charge in [-0.2, -0.15) is 0 Å². The highest BCUT2D eigenvalue weighted by atomic mass is 35.5. The smallest absolute Gasteiger partial charge is 0.200 e. The van der Waals surface area contributed by atoms with Crippen LogP contribution in [0.2, 0.25) is 5.02 Å². The summed E-state index contributed by atoms with van der Waals surface area (Å²) in [6.07, 6.45) is 0. The molecule has 2 nitrogen and oxygen atoms in total. The van der Waals surface area contributed by atoms with Gasteiger partial charge in [0.05, 0.1) is 12.1 Å². The third-order valence-corrected chi connectivity index (χ3v) is 2.52. The molecule has 15 heavy (non-hydrogen) atoms. The van der Waals surface area contributed by atoms with Crippen LogP contribution in [0.25, 0.3) is 10.8 Å². The molecular formula is C12H9ClO2. The molecular weight excluding hydrogens is 212 g/mol. The fraction of sp³-hybridized carbons (Fsp3) is 0.0833. The highest BCUT2D eigenvalue weighted by Crippen LogP contribution is 2.23. The van der Waals surface area contributed by atoms with Crippen molar-refractivity contribution in [3.8, 4) is 5.75 Å². The lowest BCUT2D eigenvalue weighted by Crippen LogP contribution is -1.95. The average molecular weight is 221 g/mol. The second-order valence-electron chi connectivity index (χ2n) is 3.16. The molecule has 0 atom stereocenters. The van der Waals surface area contributed by atoms with Crippen LogP contribution in [0.3, 0.4) is 0 Å². The zero-order chi connectivity index (χ0) is 10.8. The van der Waals surface area contributed by atoms with Crippen molar-refractivity contribution in [2.24, 2.45) is 0 Å². The normalized spacial score (nSPS) is 10.3. The minimum atomic E-state index is -0.232. The maximum atomic E-state index is 11.5. The predicted octanol–water partition coefficient (Wildman–Crippen LogP) is 2.86. The molecule has 0 aliphatic carbocycles. The van der Waals surface area contributed by atoms with E-state index in [0.717, 1.165) is 10.8 Å². The lowest BCUT2D eigenvalue weighted by atomic mass is 10.2. The van der Waals surface area contributed by atoms with Crippen LogP contribution < -0.4 is 10.2 Å². The quantitative estimate of drug-likeness (QED) is 0.739. The number of rotatable bonds is 1. The van der Waals surface area contributed by atoms with E-state index in [4.69, 9.17) is 16.3 Å². The second kappa shape index (κ2) is 3.91. The van der Waals surface area contributed by atoms with Gasteiger partial charge < -0.3 is 4.74 Å². The first-order valence-corrected chi connectivity index (χ1v) is 4.87. The Kier molecular flexibility index (Phi) is 2.60. The summed E-state index contributed by atoms with van der Waals surface area (Å²) in [5.74, 6) is 0.544. The van der Waals surface area contributed by atoms with Crippen molar-refractivity contribution in [1.29, 1.82) is 0 Å². The predicted molar refractivity (Wildman–Crippen MR) is 61.8 cm³/mol. The van der Waals surface area contributed by atoms with Crippen molar-refractivity contribution in [2.45, 2.75) is 0 Å². The van der Waals surface area contributed by atoms with E-state index in [1.165, 1.54) is 13.2 Å². The molecule has 0 amide bonds. The molecule has 0 aliphatic heterocycles. The van der Waals surface area contributed by atoms with Gasteiger partial charge in [-0.1, -0.05) is 35.9 Å². The molecule has 0 aromatic heterocycles. The standard InChI is InChI=1S/C12H9ClO2/c1-15-12-7-11(14)10(13)6-8-4-2-3-5-9(8)12/h2-7H,1H3. The largest absolute Gasteiger partial charge is 0.496 e. The van der Waals surface area contributed by atoms with Gasteiger partial charge in [0.15, 0.2) is 0 Å². The Balaban J connectivity index is 2.99. The van der Waals surface area contributed by atoms with Gasteiger partial charge in [-0.15, -0.1) is 0 Å². The number of halogens is 1. The first-order valence-electron chi connectivity index (χ1n) is 4.49. The summed E-state index contributed by atoms with van der Waals surface area (Å²) >= 11 is 5.83. The molecule has 0 saturated carbocycles. The zero-order valence-electron chi connectivity index (χ0n) is 8.16. The number of hydrogen-bond acceptors (Lipinski definition) is 2. The summed E-state index contributed by atoms with van der Waals surface area (Å²) in [6, 6.07) is 10.6. The fourth-order valence-corrected chi connectivity index (χ4v) is 1.66. The summed E-state index contributed by atoms with van der Waals surface area (Å²) < 4.78 is 5.16. The summed E-state index contributed by atoms with van der Waals surface area (Å²) in [7, 11) is 1.54. The van der Waals surface area contributed by atoms with Crippen LogP contribution in [0, 0.1) is 0 Å². The average Bonchev–Trinajstić information content (AvgIpc) is 2.37. The third kappa shape index (κ3) is 1.81. The van der Waals surface area contributed by atoms with E-state index in [1.54, 1.807) is 6.07 Å². The Morgan fingerprint density at radius 2 is 1.93 bits per heavy atom. The molecule has 0 unspecified atom stereocenters. The topological polar surface area (TPSA) is 26.3 Å². The second-order valence-corrected chi connectivity index (χ2v) is 3.56. The summed E-state index contributed by atoms with van der Waals surface area (Å²) in [5, 5.41) is 1.97. The van der Waals surface area contributed by atoms with Crippen LogP contribution in [0.4, 0.5) is 0 Å². The van der Waals surface area contributed by atoms with Crippen molar-refractivity contribution < 1.29 is 4.74 Å². The molecule has 2 aromatic rings. The van der Waals surface area contributed by atoms with Gasteiger partial charge >= 0.3 is 0 Å². The Bertz CT molecular complexity index is 564. The monoisotopic (exact) mass is 220 g/mol. The van der Waals surface area contributed by atoms with Gasteiger partial charge in [-0.3, -0.25) is 4.79 Å². The van der Waals surface area contributed by atoms with Crippen LogP contribution in [-0.2, 0) is 0 Å². The highest BCUT2D eigenvalue weighted by Gasteiger charge is 2.02. The first kappa shape index (κ1) is 9.99. The SMILES string of the molecule is COc1cc(=O)c(Cl)cc2ccccc12. The summed E-state index contributed by atoms with van der Waals surface area (Å²) in [5.41, 5.74) is -0.232. The molecule has 2 aromatic carbocycles. The lowest BCUT2D eigenvalue weighted by molar-refractivity contribution is 0.420. The van der Waals surface area contributed by atoms with E-state index in [9.17, 15) is 4.79 Å². The van der Waals surface area contributed by atoms with Gasteiger partial charge in [0, 0.05) is 11.5 Å². The van der Waals surface area contributed by atoms with Gasteiger partial charge in [-0.25, -0.2) is 0 Å². The van der Waals surface area contributed by atoms with E-state index in [2.05, 4.69) is 0 Å². The van der Waals surface area contributed by atoms with E-state index in [-0.39, 0.29) is 10.5 Å². The Labute approximate surface area is 92.1 Å². The summed E-state index contributed by atoms with van der Waals surface area (Å²) in [6.45, 7) is 0. The minimum absolute atomic E-state index is 0.203. The fourth-order valence-electron chi connectivity index (χ4n) is 1.49. The Hall–Kier alpha value is -1.54. The Morgan fingerprint density at radius 1 is 1.20 bits per heavy atom. The molecule has 0 heterocycles. The van der Waals surface area contributed by atoms with E-state index < -0.39 is 0 Å². The lowest BCUT2D eigenvalue weighted by Gasteiger charge is -1.99. The number of benzene rings is 1. The number of methoxy groups -OCH3 is 1. The maximum Gasteiger partial charge on any atom is 0.200 e. The zero-order valence-corrected chi connectivity index (χ0v) is 8.91. The number of hydrogen-bond donors (Lipinski definition) is 0. The van der Waals surface area contributed by atoms with Crippen LogP contribution in [-0.4, -0.2) is 7.11 Å². The minimum Gasteiger partial charge on any atom is -0.496 e. The molecule has 0 saturated heterocycles. The van der Waals surface area contributed by atoms with E-state index in [1.807, 2.05) is 24.3 Å². The molecule has 0 spiro atoms. The molecule has 2 rings (SSSR count). The van der Waals surface area contributed by atoms with Crippen LogP contribution >= 0.6 is 11.6 Å². The van der Waals surface area contributed by atoms with Gasteiger partial charge in [0.2, 0.25) is 5.43 Å². The highest BCUT2D eigenvalue weighted by molar-refractivity contribution is 6.31. The van der Waals surface area contributed by atoms with Crippen molar-refractivity contribution in [2.75, 3.05) is 7.11 Å². The first-order chi connectivity index (χ1) is 7.22. The molecule has 76 valence electrons. The molecule has 0 radical (unpaired) electrons. The maximum absolute atomic E-state index is 11.5. The summed E-state index contributed by atoms with van der Waals surface area (Å²) in [4.78, 5) is 11.5. The molecule has 3 heteroatoms. The van der Waals surface area contributed by atoms with E-state index >= 15 is 0 Å². The van der Waals surface area contributed by atoms with Crippen molar-refractivity contribution in [3.63, 3.8) is 0 Å². The van der Waals surface area contributed by atoms with Gasteiger partial charge in [0.25, 0.3) is 0 Å². The van der Waals surface area contributed by atoms with Crippen molar-refractivity contribution in [1.82, 2.24) is 0 Å². The molecule has 0 bridgehead atoms. The molecule has 0 N–H and O–H groups in total. The van der Waals surface area contributed by atoms with Gasteiger partial charge in [0.1, 0.15) is 5.75 Å². The number of fused-ring (bicyclic) bond motifs is 1. The van der Waals surface area contributed by atoms with Crippen LogP contribution in [0.5, 0.6) is 5.75 Å². The van der Waals surface area contributed by atoms with Crippen molar-refractivity contribution in [3.05, 3.63) is 51.6 Å². The van der Waals surface area contributed by atoms with Gasteiger partial charge in [-0.05, 0) is 11.5 Å². The molecule has 0 fully saturated rings. The number of ether oxygens (including phenoxy) is 1. The van der Waals surface area contributed by atoms with Crippen LogP contribution in [0.15, 0.2) is 41.2 Å². The Morgan fingerprint density at radius 3 is 2.67 bits per heavy atom. The molecule has 0 aliphatic rings. The van der Waals surface area contributed by atoms with Crippen molar-refractivity contribution >= 4 is 22.4 Å². The van der Waals surface area contributed by atoms with E-state index in [0.29, 0.717) is 5.75 Å². The third-order valence-electron chi connectivity index (χ3n) is 2.23.